The fourth-order valence-electron chi connectivity index (χ4n) is 3.16. The summed E-state index contributed by atoms with van der Waals surface area (Å²) in [6.45, 7) is 3.02. The number of para-hydroxylation sites is 1. The van der Waals surface area contributed by atoms with E-state index >= 15 is 0 Å². The summed E-state index contributed by atoms with van der Waals surface area (Å²) in [6.07, 6.45) is 1.60. The Morgan fingerprint density at radius 2 is 2.04 bits per heavy atom. The summed E-state index contributed by atoms with van der Waals surface area (Å²) < 4.78 is 27.9. The van der Waals surface area contributed by atoms with Gasteiger partial charge in [0.25, 0.3) is 10.0 Å². The van der Waals surface area contributed by atoms with Crippen molar-refractivity contribution in [3.8, 4) is 0 Å². The van der Waals surface area contributed by atoms with Crippen molar-refractivity contribution in [2.24, 2.45) is 0 Å². The number of nitrogens with one attached hydrogen (secondary N) is 1. The van der Waals surface area contributed by atoms with E-state index in [9.17, 15) is 8.42 Å². The molecule has 1 aliphatic rings. The van der Waals surface area contributed by atoms with Gasteiger partial charge in [-0.15, -0.1) is 11.3 Å². The molecular formula is C17H18N2O2S2. The largest absolute Gasteiger partial charge is 0.358 e. The van der Waals surface area contributed by atoms with E-state index < -0.39 is 10.0 Å². The Morgan fingerprint density at radius 1 is 1.22 bits per heavy atom. The summed E-state index contributed by atoms with van der Waals surface area (Å²) in [6, 6.07) is 11.7. The molecule has 0 spiro atoms. The highest BCUT2D eigenvalue weighted by molar-refractivity contribution is 7.91. The van der Waals surface area contributed by atoms with Gasteiger partial charge in [-0.25, -0.2) is 8.42 Å². The SMILES string of the molecule is CCc1ccc(S(=O)(=O)N2CCc3[nH]c4ccccc4c3C2)s1. The summed E-state index contributed by atoms with van der Waals surface area (Å²) in [5, 5.41) is 1.13. The van der Waals surface area contributed by atoms with E-state index in [4.69, 9.17) is 0 Å². The zero-order valence-corrected chi connectivity index (χ0v) is 14.5. The minimum atomic E-state index is -3.40. The summed E-state index contributed by atoms with van der Waals surface area (Å²) in [4.78, 5) is 4.53. The topological polar surface area (TPSA) is 53.2 Å². The molecule has 4 rings (SSSR count). The second-order valence-electron chi connectivity index (χ2n) is 5.79. The Bertz CT molecular complexity index is 970. The molecule has 1 aromatic carbocycles. The van der Waals surface area contributed by atoms with Gasteiger partial charge in [-0.05, 0) is 30.2 Å². The van der Waals surface area contributed by atoms with Crippen LogP contribution in [0, 0.1) is 0 Å². The van der Waals surface area contributed by atoms with Crippen molar-refractivity contribution in [2.45, 2.75) is 30.5 Å². The van der Waals surface area contributed by atoms with Crippen molar-refractivity contribution in [1.29, 1.82) is 0 Å². The normalized spacial score (nSPS) is 15.9. The number of aromatic amines is 1. The van der Waals surface area contributed by atoms with Gasteiger partial charge in [0.1, 0.15) is 4.21 Å². The van der Waals surface area contributed by atoms with E-state index in [1.54, 1.807) is 10.4 Å². The summed E-state index contributed by atoms with van der Waals surface area (Å²) in [7, 11) is -3.40. The minimum absolute atomic E-state index is 0.445. The molecule has 1 aliphatic heterocycles. The Kier molecular flexibility index (Phi) is 3.55. The lowest BCUT2D eigenvalue weighted by Gasteiger charge is -2.25. The first-order valence-corrected chi connectivity index (χ1v) is 10.0. The maximum Gasteiger partial charge on any atom is 0.252 e. The number of sulfonamides is 1. The monoisotopic (exact) mass is 346 g/mol. The number of benzene rings is 1. The lowest BCUT2D eigenvalue weighted by atomic mass is 10.1. The highest BCUT2D eigenvalue weighted by atomic mass is 32.2. The van der Waals surface area contributed by atoms with Crippen LogP contribution in [0.25, 0.3) is 10.9 Å². The molecule has 4 nitrogen and oxygen atoms in total. The fraction of sp³-hybridized carbons (Fsp3) is 0.294. The maximum absolute atomic E-state index is 12.9. The van der Waals surface area contributed by atoms with Crippen LogP contribution in [0.2, 0.25) is 0 Å². The van der Waals surface area contributed by atoms with Gasteiger partial charge < -0.3 is 4.98 Å². The molecule has 120 valence electrons. The molecule has 2 aromatic heterocycles. The molecule has 6 heteroatoms. The van der Waals surface area contributed by atoms with Crippen LogP contribution in [-0.2, 0) is 29.4 Å². The molecule has 3 heterocycles. The molecular weight excluding hydrogens is 328 g/mol. The Labute approximate surface area is 139 Å². The van der Waals surface area contributed by atoms with E-state index in [1.165, 1.54) is 11.3 Å². The molecule has 1 N–H and O–H groups in total. The van der Waals surface area contributed by atoms with Gasteiger partial charge in [-0.2, -0.15) is 4.31 Å². The van der Waals surface area contributed by atoms with Crippen LogP contribution >= 0.6 is 11.3 Å². The average Bonchev–Trinajstić information content (AvgIpc) is 3.19. The van der Waals surface area contributed by atoms with Crippen molar-refractivity contribution in [2.75, 3.05) is 6.54 Å². The lowest BCUT2D eigenvalue weighted by Crippen LogP contribution is -2.35. The van der Waals surface area contributed by atoms with Gasteiger partial charge in [0.2, 0.25) is 0 Å². The van der Waals surface area contributed by atoms with Crippen molar-refractivity contribution in [1.82, 2.24) is 9.29 Å². The molecule has 0 saturated heterocycles. The van der Waals surface area contributed by atoms with Gasteiger partial charge in [0.05, 0.1) is 0 Å². The van der Waals surface area contributed by atoms with Crippen molar-refractivity contribution in [3.05, 3.63) is 52.5 Å². The van der Waals surface area contributed by atoms with E-state index in [2.05, 4.69) is 11.1 Å². The fourth-order valence-corrected chi connectivity index (χ4v) is 6.02. The van der Waals surface area contributed by atoms with Crippen molar-refractivity contribution < 1.29 is 8.42 Å². The van der Waals surface area contributed by atoms with E-state index in [0.717, 1.165) is 39.9 Å². The molecule has 3 aromatic rings. The third-order valence-corrected chi connectivity index (χ3v) is 7.97. The molecule has 0 radical (unpaired) electrons. The first-order chi connectivity index (χ1) is 11.1. The van der Waals surface area contributed by atoms with Crippen LogP contribution in [0.5, 0.6) is 0 Å². The predicted octanol–water partition coefficient (Wildman–Crippen LogP) is 3.54. The third kappa shape index (κ3) is 2.41. The number of fused-ring (bicyclic) bond motifs is 3. The molecule has 0 aliphatic carbocycles. The summed E-state index contributed by atoms with van der Waals surface area (Å²) >= 11 is 1.38. The zero-order chi connectivity index (χ0) is 16.0. The second kappa shape index (κ2) is 5.47. The molecule has 0 saturated carbocycles. The first kappa shape index (κ1) is 14.9. The maximum atomic E-state index is 12.9. The van der Waals surface area contributed by atoms with Crippen LogP contribution < -0.4 is 0 Å². The Morgan fingerprint density at radius 3 is 2.83 bits per heavy atom. The summed E-state index contributed by atoms with van der Waals surface area (Å²) in [5.41, 5.74) is 3.36. The second-order valence-corrected chi connectivity index (χ2v) is 9.12. The predicted molar refractivity (Wildman–Crippen MR) is 93.3 cm³/mol. The number of aryl methyl sites for hydroxylation is 1. The molecule has 23 heavy (non-hydrogen) atoms. The molecule has 0 amide bonds. The highest BCUT2D eigenvalue weighted by Crippen LogP contribution is 2.32. The van der Waals surface area contributed by atoms with Crippen molar-refractivity contribution >= 4 is 32.3 Å². The number of hydrogen-bond acceptors (Lipinski definition) is 3. The number of nitrogens with zero attached hydrogens (tertiary/aromatic N) is 1. The van der Waals surface area contributed by atoms with Crippen LogP contribution in [0.3, 0.4) is 0 Å². The van der Waals surface area contributed by atoms with Crippen molar-refractivity contribution in [3.63, 3.8) is 0 Å². The average molecular weight is 346 g/mol. The van der Waals surface area contributed by atoms with E-state index in [1.807, 2.05) is 31.2 Å². The number of rotatable bonds is 3. The smallest absolute Gasteiger partial charge is 0.252 e. The number of aromatic nitrogens is 1. The van der Waals surface area contributed by atoms with E-state index in [-0.39, 0.29) is 0 Å². The van der Waals surface area contributed by atoms with Crippen LogP contribution in [0.1, 0.15) is 23.1 Å². The van der Waals surface area contributed by atoms with Gasteiger partial charge in [0, 0.05) is 41.0 Å². The van der Waals surface area contributed by atoms with Gasteiger partial charge in [0.15, 0.2) is 0 Å². The van der Waals surface area contributed by atoms with Crippen LogP contribution in [0.15, 0.2) is 40.6 Å². The standard InChI is InChI=1S/C17H18N2O2S2/c1-2-12-7-8-17(22-12)23(20,21)19-10-9-16-14(11-19)13-5-3-4-6-15(13)18-16/h3-8,18H,2,9-11H2,1H3. The first-order valence-electron chi connectivity index (χ1n) is 7.77. The number of hydrogen-bond donors (Lipinski definition) is 1. The molecule has 0 atom stereocenters. The number of thiophene rings is 1. The molecule has 0 fully saturated rings. The summed E-state index contributed by atoms with van der Waals surface area (Å²) in [5.74, 6) is 0. The van der Waals surface area contributed by atoms with Crippen LogP contribution in [-0.4, -0.2) is 24.3 Å². The van der Waals surface area contributed by atoms with Gasteiger partial charge >= 0.3 is 0 Å². The third-order valence-electron chi connectivity index (χ3n) is 4.43. The van der Waals surface area contributed by atoms with Crippen LogP contribution in [0.4, 0.5) is 0 Å². The van der Waals surface area contributed by atoms with E-state index in [0.29, 0.717) is 17.3 Å². The molecule has 0 bridgehead atoms. The quantitative estimate of drug-likeness (QED) is 0.789. The number of H-pyrrole nitrogens is 1. The zero-order valence-electron chi connectivity index (χ0n) is 12.9. The van der Waals surface area contributed by atoms with Gasteiger partial charge in [-0.1, -0.05) is 25.1 Å². The Hall–Kier alpha value is -1.63. The highest BCUT2D eigenvalue weighted by Gasteiger charge is 2.31. The minimum Gasteiger partial charge on any atom is -0.358 e. The van der Waals surface area contributed by atoms with Gasteiger partial charge in [-0.3, -0.25) is 0 Å². The Balaban J connectivity index is 1.72. The lowest BCUT2D eigenvalue weighted by molar-refractivity contribution is 0.392. The molecule has 0 unspecified atom stereocenters.